The van der Waals surface area contributed by atoms with Gasteiger partial charge in [-0.05, 0) is 23.8 Å². The number of benzene rings is 1. The summed E-state index contributed by atoms with van der Waals surface area (Å²) >= 11 is 0. The number of carbonyl (C=O) groups is 1. The predicted octanol–water partition coefficient (Wildman–Crippen LogP) is 2.75. The van der Waals surface area contributed by atoms with Crippen molar-refractivity contribution in [3.05, 3.63) is 35.9 Å². The summed E-state index contributed by atoms with van der Waals surface area (Å²) in [6, 6.07) is 9.95. The van der Waals surface area contributed by atoms with Crippen molar-refractivity contribution < 1.29 is 14.6 Å². The summed E-state index contributed by atoms with van der Waals surface area (Å²) in [6.45, 7) is 6.52. The first-order valence-electron chi connectivity index (χ1n) is 8.60. The maximum absolute atomic E-state index is 11.6. The van der Waals surface area contributed by atoms with Gasteiger partial charge in [-0.1, -0.05) is 50.6 Å². The molecular formula is C19H29NO3. The number of hydrogen-bond acceptors (Lipinski definition) is 3. The predicted molar refractivity (Wildman–Crippen MR) is 90.8 cm³/mol. The van der Waals surface area contributed by atoms with E-state index >= 15 is 0 Å². The average molecular weight is 319 g/mol. The Bertz CT molecular complexity index is 491. The minimum Gasteiger partial charge on any atom is -0.396 e. The van der Waals surface area contributed by atoms with Gasteiger partial charge >= 0.3 is 0 Å². The lowest BCUT2D eigenvalue weighted by Crippen LogP contribution is -2.57. The lowest BCUT2D eigenvalue weighted by Gasteiger charge is -2.45. The minimum absolute atomic E-state index is 0.0563. The Balaban J connectivity index is 2.15. The maximum atomic E-state index is 11.6. The van der Waals surface area contributed by atoms with Gasteiger partial charge < -0.3 is 15.2 Å². The molecule has 0 aliphatic heterocycles. The fourth-order valence-electron chi connectivity index (χ4n) is 3.80. The molecule has 0 aromatic heterocycles. The summed E-state index contributed by atoms with van der Waals surface area (Å²) in [6.07, 6.45) is 1.93. The Morgan fingerprint density at radius 1 is 1.30 bits per heavy atom. The molecule has 1 aromatic rings. The molecule has 128 valence electrons. The monoisotopic (exact) mass is 319 g/mol. The van der Waals surface area contributed by atoms with E-state index in [1.54, 1.807) is 0 Å². The Labute approximate surface area is 139 Å². The van der Waals surface area contributed by atoms with Crippen LogP contribution in [0.2, 0.25) is 0 Å². The molecule has 0 spiro atoms. The Kier molecular flexibility index (Phi) is 6.60. The van der Waals surface area contributed by atoms with Gasteiger partial charge in [0.2, 0.25) is 5.91 Å². The first-order chi connectivity index (χ1) is 11.1. The third kappa shape index (κ3) is 4.55. The van der Waals surface area contributed by atoms with Crippen molar-refractivity contribution in [2.75, 3.05) is 6.61 Å². The fourth-order valence-corrected chi connectivity index (χ4v) is 3.80. The van der Waals surface area contributed by atoms with Gasteiger partial charge in [0.15, 0.2) is 0 Å². The molecule has 0 saturated heterocycles. The fraction of sp³-hybridized carbons (Fsp3) is 0.632. The second-order valence-electron chi connectivity index (χ2n) is 6.69. The third-order valence-corrected chi connectivity index (χ3v) is 5.14. The van der Waals surface area contributed by atoms with Crippen LogP contribution in [0.1, 0.15) is 39.2 Å². The summed E-state index contributed by atoms with van der Waals surface area (Å²) in [4.78, 5) is 11.6. The van der Waals surface area contributed by atoms with Crippen molar-refractivity contribution in [3.63, 3.8) is 0 Å². The molecular weight excluding hydrogens is 290 g/mol. The number of rotatable bonds is 6. The normalized spacial score (nSPS) is 30.9. The quantitative estimate of drug-likeness (QED) is 0.847. The van der Waals surface area contributed by atoms with E-state index in [-0.39, 0.29) is 30.6 Å². The highest BCUT2D eigenvalue weighted by Gasteiger charge is 2.42. The van der Waals surface area contributed by atoms with E-state index < -0.39 is 0 Å². The Hall–Kier alpha value is -1.39. The first kappa shape index (κ1) is 18.0. The van der Waals surface area contributed by atoms with Gasteiger partial charge in [0.25, 0.3) is 0 Å². The summed E-state index contributed by atoms with van der Waals surface area (Å²) in [7, 11) is 0. The molecule has 1 aliphatic carbocycles. The first-order valence-corrected chi connectivity index (χ1v) is 8.60. The van der Waals surface area contributed by atoms with Crippen LogP contribution in [-0.4, -0.2) is 29.8 Å². The smallest absolute Gasteiger partial charge is 0.217 e. The summed E-state index contributed by atoms with van der Waals surface area (Å²) in [5.74, 6) is 0.853. The Morgan fingerprint density at radius 3 is 2.57 bits per heavy atom. The SMILES string of the molecule is CC[C@H]1C[C@@H](CO)[C@H](NC(C)=O)[C@@H](OCc2ccccc2)[C@@H]1C. The highest BCUT2D eigenvalue weighted by Crippen LogP contribution is 2.38. The third-order valence-electron chi connectivity index (χ3n) is 5.14. The number of hydrogen-bond donors (Lipinski definition) is 2. The molecule has 1 aliphatic rings. The molecule has 0 unspecified atom stereocenters. The maximum Gasteiger partial charge on any atom is 0.217 e. The van der Waals surface area contributed by atoms with Crippen molar-refractivity contribution >= 4 is 5.91 Å². The van der Waals surface area contributed by atoms with E-state index in [0.29, 0.717) is 18.4 Å². The number of aliphatic hydroxyl groups excluding tert-OH is 1. The molecule has 0 radical (unpaired) electrons. The van der Waals surface area contributed by atoms with E-state index in [2.05, 4.69) is 19.2 Å². The minimum atomic E-state index is -0.126. The van der Waals surface area contributed by atoms with Gasteiger partial charge in [-0.3, -0.25) is 4.79 Å². The number of nitrogens with one attached hydrogen (secondary N) is 1. The second-order valence-corrected chi connectivity index (χ2v) is 6.69. The standard InChI is InChI=1S/C19H29NO3/c1-4-16-10-17(11-21)18(20-14(3)22)19(13(16)2)23-12-15-8-6-5-7-9-15/h5-9,13,16-19,21H,4,10-12H2,1-3H3,(H,20,22)/t13-,16+,17+,18+,19+/m1/s1. The van der Waals surface area contributed by atoms with Gasteiger partial charge in [0.05, 0.1) is 18.8 Å². The van der Waals surface area contributed by atoms with E-state index in [0.717, 1.165) is 18.4 Å². The van der Waals surface area contributed by atoms with Crippen LogP contribution in [0.25, 0.3) is 0 Å². The molecule has 23 heavy (non-hydrogen) atoms. The zero-order valence-corrected chi connectivity index (χ0v) is 14.4. The summed E-state index contributed by atoms with van der Waals surface area (Å²) in [5, 5.41) is 12.8. The van der Waals surface area contributed by atoms with E-state index in [1.165, 1.54) is 6.92 Å². The van der Waals surface area contributed by atoms with Crippen LogP contribution < -0.4 is 5.32 Å². The molecule has 1 aromatic carbocycles. The lowest BCUT2D eigenvalue weighted by atomic mass is 9.69. The van der Waals surface area contributed by atoms with Crippen LogP contribution >= 0.6 is 0 Å². The Morgan fingerprint density at radius 2 is 2.00 bits per heavy atom. The van der Waals surface area contributed by atoms with Crippen LogP contribution in [0.5, 0.6) is 0 Å². The molecule has 5 atom stereocenters. The van der Waals surface area contributed by atoms with Gasteiger partial charge in [-0.15, -0.1) is 0 Å². The molecule has 1 saturated carbocycles. The van der Waals surface area contributed by atoms with Crippen LogP contribution in [-0.2, 0) is 16.1 Å². The topological polar surface area (TPSA) is 58.6 Å². The van der Waals surface area contributed by atoms with Gasteiger partial charge in [-0.2, -0.15) is 0 Å². The van der Waals surface area contributed by atoms with Crippen LogP contribution in [0, 0.1) is 17.8 Å². The summed E-state index contributed by atoms with van der Waals surface area (Å²) < 4.78 is 6.23. The highest BCUT2D eigenvalue weighted by molar-refractivity contribution is 5.73. The van der Waals surface area contributed by atoms with Gasteiger partial charge in [0.1, 0.15) is 0 Å². The van der Waals surface area contributed by atoms with Crippen molar-refractivity contribution in [2.24, 2.45) is 17.8 Å². The molecule has 4 nitrogen and oxygen atoms in total. The second kappa shape index (κ2) is 8.46. The van der Waals surface area contributed by atoms with Crippen molar-refractivity contribution in [1.82, 2.24) is 5.32 Å². The van der Waals surface area contributed by atoms with E-state index in [4.69, 9.17) is 4.74 Å². The highest BCUT2D eigenvalue weighted by atomic mass is 16.5. The van der Waals surface area contributed by atoms with Gasteiger partial charge in [0, 0.05) is 19.4 Å². The lowest BCUT2D eigenvalue weighted by molar-refractivity contribution is -0.127. The van der Waals surface area contributed by atoms with Crippen LogP contribution in [0.3, 0.4) is 0 Å². The van der Waals surface area contributed by atoms with Gasteiger partial charge in [-0.25, -0.2) is 0 Å². The molecule has 0 heterocycles. The van der Waals surface area contributed by atoms with Crippen molar-refractivity contribution in [1.29, 1.82) is 0 Å². The number of carbonyl (C=O) groups excluding carboxylic acids is 1. The van der Waals surface area contributed by atoms with Crippen molar-refractivity contribution in [3.8, 4) is 0 Å². The van der Waals surface area contributed by atoms with E-state index in [9.17, 15) is 9.90 Å². The van der Waals surface area contributed by atoms with Crippen LogP contribution in [0.4, 0.5) is 0 Å². The average Bonchev–Trinajstić information content (AvgIpc) is 2.55. The largest absolute Gasteiger partial charge is 0.396 e. The molecule has 1 fully saturated rings. The molecule has 1 amide bonds. The summed E-state index contributed by atoms with van der Waals surface area (Å²) in [5.41, 5.74) is 1.13. The molecule has 2 N–H and O–H groups in total. The zero-order chi connectivity index (χ0) is 16.8. The number of aliphatic hydroxyl groups is 1. The number of amides is 1. The van der Waals surface area contributed by atoms with E-state index in [1.807, 2.05) is 30.3 Å². The number of ether oxygens (including phenoxy) is 1. The van der Waals surface area contributed by atoms with Crippen molar-refractivity contribution in [2.45, 2.75) is 52.4 Å². The van der Waals surface area contributed by atoms with Crippen LogP contribution in [0.15, 0.2) is 30.3 Å². The molecule has 4 heteroatoms. The zero-order valence-electron chi connectivity index (χ0n) is 14.4. The molecule has 0 bridgehead atoms. The molecule has 2 rings (SSSR count).